The minimum absolute atomic E-state index is 0.00178. The summed E-state index contributed by atoms with van der Waals surface area (Å²) in [5.74, 6) is 0. The molecule has 0 amide bonds. The van der Waals surface area contributed by atoms with Crippen LogP contribution in [0.15, 0.2) is 11.4 Å². The second-order valence-corrected chi connectivity index (χ2v) is 6.55. The van der Waals surface area contributed by atoms with Crippen molar-refractivity contribution >= 4 is 11.3 Å². The lowest BCUT2D eigenvalue weighted by atomic mass is 9.75. The van der Waals surface area contributed by atoms with E-state index in [4.69, 9.17) is 4.74 Å². The van der Waals surface area contributed by atoms with E-state index in [1.165, 1.54) is 6.42 Å². The van der Waals surface area contributed by atoms with Crippen LogP contribution in [0.3, 0.4) is 0 Å². The summed E-state index contributed by atoms with van der Waals surface area (Å²) in [4.78, 5) is 1.58. The number of ether oxygens (including phenoxy) is 1. The number of hydrogen-bond donors (Lipinski definition) is 1. The lowest BCUT2D eigenvalue weighted by molar-refractivity contribution is -0.0908. The minimum atomic E-state index is 0.00178. The smallest absolute Gasteiger partial charge is 0.0647 e. The number of nitrogens with one attached hydrogen (secondary N) is 1. The normalized spacial score (nSPS) is 32.6. The van der Waals surface area contributed by atoms with Crippen molar-refractivity contribution in [2.24, 2.45) is 0 Å². The Morgan fingerprint density at radius 1 is 1.44 bits per heavy atom. The van der Waals surface area contributed by atoms with E-state index in [2.05, 4.69) is 30.6 Å². The molecule has 1 N–H and O–H groups in total. The average molecular weight is 237 g/mol. The molecule has 0 bridgehead atoms. The first-order chi connectivity index (χ1) is 7.61. The Labute approximate surface area is 101 Å². The third-order valence-corrected chi connectivity index (χ3v) is 4.81. The molecule has 1 saturated heterocycles. The van der Waals surface area contributed by atoms with Crippen LogP contribution in [0, 0.1) is 0 Å². The van der Waals surface area contributed by atoms with Gasteiger partial charge in [0.15, 0.2) is 0 Å². The summed E-state index contributed by atoms with van der Waals surface area (Å²) < 4.78 is 5.85. The summed E-state index contributed by atoms with van der Waals surface area (Å²) in [6.07, 6.45) is 3.39. The molecular formula is C13H19NOS. The van der Waals surface area contributed by atoms with Gasteiger partial charge in [-0.25, -0.2) is 0 Å². The zero-order valence-corrected chi connectivity index (χ0v) is 10.8. The molecule has 88 valence electrons. The van der Waals surface area contributed by atoms with Gasteiger partial charge in [-0.05, 0) is 50.1 Å². The van der Waals surface area contributed by atoms with Crippen molar-refractivity contribution in [3.63, 3.8) is 0 Å². The molecule has 2 nitrogen and oxygen atoms in total. The van der Waals surface area contributed by atoms with Crippen LogP contribution >= 0.6 is 11.3 Å². The van der Waals surface area contributed by atoms with Gasteiger partial charge in [-0.2, -0.15) is 0 Å². The van der Waals surface area contributed by atoms with Crippen molar-refractivity contribution in [1.82, 2.24) is 5.32 Å². The van der Waals surface area contributed by atoms with E-state index in [0.717, 1.165) is 26.0 Å². The number of fused-ring (bicyclic) bond motifs is 2. The molecule has 0 radical (unpaired) electrons. The Morgan fingerprint density at radius 3 is 3.12 bits per heavy atom. The van der Waals surface area contributed by atoms with Gasteiger partial charge >= 0.3 is 0 Å². The van der Waals surface area contributed by atoms with Gasteiger partial charge in [0.25, 0.3) is 0 Å². The fraction of sp³-hybridized carbons (Fsp3) is 0.692. The first kappa shape index (κ1) is 10.8. The maximum absolute atomic E-state index is 5.85. The molecule has 16 heavy (non-hydrogen) atoms. The van der Waals surface area contributed by atoms with Crippen LogP contribution in [0.25, 0.3) is 0 Å². The molecule has 0 saturated carbocycles. The molecule has 1 aromatic rings. The maximum Gasteiger partial charge on any atom is 0.0647 e. The molecule has 2 aliphatic rings. The predicted molar refractivity (Wildman–Crippen MR) is 67.0 cm³/mol. The Morgan fingerprint density at radius 2 is 2.31 bits per heavy atom. The largest absolute Gasteiger partial charge is 0.375 e. The van der Waals surface area contributed by atoms with Crippen LogP contribution < -0.4 is 5.32 Å². The fourth-order valence-corrected chi connectivity index (χ4v) is 4.20. The molecule has 2 aliphatic heterocycles. The van der Waals surface area contributed by atoms with Gasteiger partial charge in [0.2, 0.25) is 0 Å². The topological polar surface area (TPSA) is 21.3 Å². The highest BCUT2D eigenvalue weighted by molar-refractivity contribution is 7.10. The standard InChI is InChI=1S/C13H19NOS/c1-12(2)9-13(5-7-15-12)10-4-8-16-11(10)3-6-14-13/h4,8,14H,3,5-7,9H2,1-2H3. The van der Waals surface area contributed by atoms with Crippen molar-refractivity contribution < 1.29 is 4.74 Å². The van der Waals surface area contributed by atoms with Crippen molar-refractivity contribution in [2.75, 3.05) is 13.2 Å². The maximum atomic E-state index is 5.85. The number of thiophene rings is 1. The minimum Gasteiger partial charge on any atom is -0.375 e. The van der Waals surface area contributed by atoms with Crippen molar-refractivity contribution in [1.29, 1.82) is 0 Å². The molecule has 3 heteroatoms. The number of hydrogen-bond acceptors (Lipinski definition) is 3. The monoisotopic (exact) mass is 237 g/mol. The molecule has 1 atom stereocenters. The van der Waals surface area contributed by atoms with Gasteiger partial charge in [-0.3, -0.25) is 0 Å². The Hall–Kier alpha value is -0.380. The van der Waals surface area contributed by atoms with Crippen LogP contribution in [0.4, 0.5) is 0 Å². The van der Waals surface area contributed by atoms with Gasteiger partial charge in [0.05, 0.1) is 5.60 Å². The van der Waals surface area contributed by atoms with Crippen LogP contribution in [0.5, 0.6) is 0 Å². The zero-order valence-electron chi connectivity index (χ0n) is 10.0. The van der Waals surface area contributed by atoms with E-state index in [1.54, 1.807) is 10.4 Å². The highest BCUT2D eigenvalue weighted by atomic mass is 32.1. The predicted octanol–water partition coefficient (Wildman–Crippen LogP) is 2.68. The summed E-state index contributed by atoms with van der Waals surface area (Å²) in [7, 11) is 0. The van der Waals surface area contributed by atoms with Crippen molar-refractivity contribution in [3.05, 3.63) is 21.9 Å². The average Bonchev–Trinajstić information content (AvgIpc) is 2.65. The molecule has 3 heterocycles. The second kappa shape index (κ2) is 3.56. The number of rotatable bonds is 0. The van der Waals surface area contributed by atoms with Gasteiger partial charge in [-0.15, -0.1) is 11.3 Å². The Balaban J connectivity index is 2.00. The van der Waals surface area contributed by atoms with Crippen LogP contribution in [0.2, 0.25) is 0 Å². The molecule has 0 aromatic carbocycles. The third kappa shape index (κ3) is 1.62. The molecule has 1 aromatic heterocycles. The van der Waals surface area contributed by atoms with Crippen LogP contribution in [0.1, 0.15) is 37.1 Å². The highest BCUT2D eigenvalue weighted by Gasteiger charge is 2.44. The molecule has 3 rings (SSSR count). The van der Waals surface area contributed by atoms with Gasteiger partial charge < -0.3 is 10.1 Å². The Bertz CT molecular complexity index is 398. The summed E-state index contributed by atoms with van der Waals surface area (Å²) in [6, 6.07) is 2.31. The summed E-state index contributed by atoms with van der Waals surface area (Å²) >= 11 is 1.91. The van der Waals surface area contributed by atoms with Gasteiger partial charge in [0, 0.05) is 23.6 Å². The van der Waals surface area contributed by atoms with Crippen LogP contribution in [-0.4, -0.2) is 18.8 Å². The molecule has 0 aliphatic carbocycles. The van der Waals surface area contributed by atoms with E-state index in [0.29, 0.717) is 0 Å². The molecular weight excluding hydrogens is 218 g/mol. The van der Waals surface area contributed by atoms with Gasteiger partial charge in [0.1, 0.15) is 0 Å². The first-order valence-electron chi connectivity index (χ1n) is 6.07. The highest BCUT2D eigenvalue weighted by Crippen LogP contribution is 2.43. The molecule has 1 spiro atoms. The quantitative estimate of drug-likeness (QED) is 0.749. The summed E-state index contributed by atoms with van der Waals surface area (Å²) in [5, 5.41) is 6.00. The van der Waals surface area contributed by atoms with E-state index < -0.39 is 0 Å². The van der Waals surface area contributed by atoms with E-state index >= 15 is 0 Å². The second-order valence-electron chi connectivity index (χ2n) is 5.55. The lowest BCUT2D eigenvalue weighted by Gasteiger charge is -2.47. The first-order valence-corrected chi connectivity index (χ1v) is 6.95. The third-order valence-electron chi connectivity index (χ3n) is 3.83. The van der Waals surface area contributed by atoms with E-state index in [1.807, 2.05) is 11.3 Å². The fourth-order valence-electron chi connectivity index (χ4n) is 3.22. The lowest BCUT2D eigenvalue weighted by Crippen LogP contribution is -2.54. The van der Waals surface area contributed by atoms with Gasteiger partial charge in [-0.1, -0.05) is 0 Å². The van der Waals surface area contributed by atoms with E-state index in [9.17, 15) is 0 Å². The van der Waals surface area contributed by atoms with Crippen molar-refractivity contribution in [3.8, 4) is 0 Å². The Kier molecular flexibility index (Phi) is 2.39. The SMILES string of the molecule is CC1(C)CC2(CCO1)NCCc1sccc12. The summed E-state index contributed by atoms with van der Waals surface area (Å²) in [5.41, 5.74) is 1.73. The molecule has 1 unspecified atom stereocenters. The zero-order chi connectivity index (χ0) is 11.2. The molecule has 1 fully saturated rings. The summed E-state index contributed by atoms with van der Waals surface area (Å²) in [6.45, 7) is 6.39. The van der Waals surface area contributed by atoms with Crippen molar-refractivity contribution in [2.45, 2.75) is 44.2 Å². The van der Waals surface area contributed by atoms with E-state index in [-0.39, 0.29) is 11.1 Å². The van der Waals surface area contributed by atoms with Crippen LogP contribution in [-0.2, 0) is 16.7 Å².